The Hall–Kier alpha value is -1.28. The molecular formula is C13H13ClO2. The van der Waals surface area contributed by atoms with E-state index in [0.717, 1.165) is 29.5 Å². The standard InChI is InChI=1S/C13H13ClO2/c14-12-8-9(5-6-13(15)16)7-10-3-1-2-4-11(10)12/h5-8H,1-4H2,(H,15,16). The Morgan fingerprint density at radius 1 is 1.31 bits per heavy atom. The number of rotatable bonds is 2. The Labute approximate surface area is 99.5 Å². The predicted molar refractivity (Wildman–Crippen MR) is 64.8 cm³/mol. The number of hydrogen-bond acceptors (Lipinski definition) is 1. The first-order valence-corrected chi connectivity index (χ1v) is 5.77. The molecule has 0 saturated heterocycles. The summed E-state index contributed by atoms with van der Waals surface area (Å²) in [5, 5.41) is 9.33. The van der Waals surface area contributed by atoms with Crippen LogP contribution in [-0.4, -0.2) is 11.1 Å². The van der Waals surface area contributed by atoms with E-state index in [2.05, 4.69) is 0 Å². The second kappa shape index (κ2) is 4.71. The van der Waals surface area contributed by atoms with Crippen molar-refractivity contribution in [2.24, 2.45) is 0 Å². The maximum absolute atomic E-state index is 10.4. The van der Waals surface area contributed by atoms with Crippen LogP contribution < -0.4 is 0 Å². The topological polar surface area (TPSA) is 37.3 Å². The molecule has 0 unspecified atom stereocenters. The summed E-state index contributed by atoms with van der Waals surface area (Å²) < 4.78 is 0. The first-order valence-electron chi connectivity index (χ1n) is 5.39. The van der Waals surface area contributed by atoms with E-state index in [1.165, 1.54) is 24.0 Å². The van der Waals surface area contributed by atoms with Crippen LogP contribution in [0.5, 0.6) is 0 Å². The second-order valence-electron chi connectivity index (χ2n) is 4.02. The van der Waals surface area contributed by atoms with Crippen molar-refractivity contribution in [2.45, 2.75) is 25.7 Å². The second-order valence-corrected chi connectivity index (χ2v) is 4.43. The maximum atomic E-state index is 10.4. The summed E-state index contributed by atoms with van der Waals surface area (Å²) >= 11 is 6.18. The summed E-state index contributed by atoms with van der Waals surface area (Å²) in [6.07, 6.45) is 7.19. The van der Waals surface area contributed by atoms with Gasteiger partial charge in [0, 0.05) is 11.1 Å². The van der Waals surface area contributed by atoms with Crippen LogP contribution in [0.15, 0.2) is 18.2 Å². The molecule has 0 aliphatic heterocycles. The lowest BCUT2D eigenvalue weighted by atomic mass is 9.90. The highest BCUT2D eigenvalue weighted by molar-refractivity contribution is 6.31. The van der Waals surface area contributed by atoms with Gasteiger partial charge in [-0.25, -0.2) is 4.79 Å². The average molecular weight is 237 g/mol. The Balaban J connectivity index is 2.35. The van der Waals surface area contributed by atoms with Crippen molar-refractivity contribution in [2.75, 3.05) is 0 Å². The molecule has 2 nitrogen and oxygen atoms in total. The van der Waals surface area contributed by atoms with Gasteiger partial charge in [0.15, 0.2) is 0 Å². The van der Waals surface area contributed by atoms with E-state index in [4.69, 9.17) is 16.7 Å². The van der Waals surface area contributed by atoms with Gasteiger partial charge in [0.2, 0.25) is 0 Å². The molecule has 0 saturated carbocycles. The molecule has 2 rings (SSSR count). The summed E-state index contributed by atoms with van der Waals surface area (Å²) in [6, 6.07) is 3.88. The quantitative estimate of drug-likeness (QED) is 0.800. The van der Waals surface area contributed by atoms with Gasteiger partial charge in [-0.3, -0.25) is 0 Å². The number of halogens is 1. The minimum Gasteiger partial charge on any atom is -0.478 e. The molecule has 1 N–H and O–H groups in total. The summed E-state index contributed by atoms with van der Waals surface area (Å²) in [6.45, 7) is 0. The van der Waals surface area contributed by atoms with E-state index in [0.29, 0.717) is 0 Å². The largest absolute Gasteiger partial charge is 0.478 e. The molecule has 1 aromatic rings. The van der Waals surface area contributed by atoms with Crippen molar-refractivity contribution in [1.82, 2.24) is 0 Å². The molecule has 0 bridgehead atoms. The van der Waals surface area contributed by atoms with Crippen LogP contribution in [0.3, 0.4) is 0 Å². The highest BCUT2D eigenvalue weighted by atomic mass is 35.5. The van der Waals surface area contributed by atoms with Gasteiger partial charge < -0.3 is 5.11 Å². The minimum atomic E-state index is -0.936. The summed E-state index contributed by atoms with van der Waals surface area (Å²) in [7, 11) is 0. The Bertz CT molecular complexity index is 449. The van der Waals surface area contributed by atoms with Crippen LogP contribution in [0.2, 0.25) is 5.02 Å². The Morgan fingerprint density at radius 2 is 2.06 bits per heavy atom. The average Bonchev–Trinajstić information content (AvgIpc) is 2.26. The van der Waals surface area contributed by atoms with Crippen LogP contribution in [0.1, 0.15) is 29.5 Å². The minimum absolute atomic E-state index is 0.766. The lowest BCUT2D eigenvalue weighted by Crippen LogP contribution is -2.03. The van der Waals surface area contributed by atoms with E-state index < -0.39 is 5.97 Å². The predicted octanol–water partition coefficient (Wildman–Crippen LogP) is 3.32. The fourth-order valence-electron chi connectivity index (χ4n) is 2.10. The first kappa shape index (κ1) is 11.2. The van der Waals surface area contributed by atoms with Gasteiger partial charge in [-0.05, 0) is 54.5 Å². The summed E-state index contributed by atoms with van der Waals surface area (Å²) in [4.78, 5) is 10.4. The van der Waals surface area contributed by atoms with E-state index in [1.54, 1.807) is 6.08 Å². The highest BCUT2D eigenvalue weighted by Crippen LogP contribution is 2.29. The summed E-state index contributed by atoms with van der Waals surface area (Å²) in [5.41, 5.74) is 3.37. The van der Waals surface area contributed by atoms with E-state index in [9.17, 15) is 4.79 Å². The number of aryl methyl sites for hydroxylation is 1. The fourth-order valence-corrected chi connectivity index (χ4v) is 2.44. The molecule has 0 amide bonds. The number of hydrogen-bond donors (Lipinski definition) is 1. The highest BCUT2D eigenvalue weighted by Gasteiger charge is 2.12. The maximum Gasteiger partial charge on any atom is 0.328 e. The van der Waals surface area contributed by atoms with E-state index >= 15 is 0 Å². The van der Waals surface area contributed by atoms with Crippen LogP contribution in [0.4, 0.5) is 0 Å². The molecule has 1 aromatic carbocycles. The van der Waals surface area contributed by atoms with E-state index in [-0.39, 0.29) is 0 Å². The van der Waals surface area contributed by atoms with Gasteiger partial charge in [-0.15, -0.1) is 0 Å². The molecule has 3 heteroatoms. The monoisotopic (exact) mass is 236 g/mol. The number of benzene rings is 1. The zero-order valence-corrected chi connectivity index (χ0v) is 9.63. The molecule has 0 heterocycles. The zero-order chi connectivity index (χ0) is 11.5. The number of fused-ring (bicyclic) bond motifs is 1. The lowest BCUT2D eigenvalue weighted by molar-refractivity contribution is -0.131. The van der Waals surface area contributed by atoms with Gasteiger partial charge in [0.1, 0.15) is 0 Å². The van der Waals surface area contributed by atoms with Crippen molar-refractivity contribution in [3.63, 3.8) is 0 Å². The third-order valence-corrected chi connectivity index (χ3v) is 3.19. The van der Waals surface area contributed by atoms with Crippen molar-refractivity contribution < 1.29 is 9.90 Å². The molecule has 0 atom stereocenters. The fraction of sp³-hybridized carbons (Fsp3) is 0.308. The molecule has 0 spiro atoms. The van der Waals surface area contributed by atoms with Crippen LogP contribution in [0, 0.1) is 0 Å². The molecule has 1 aliphatic rings. The van der Waals surface area contributed by atoms with Gasteiger partial charge in [0.05, 0.1) is 0 Å². The molecule has 16 heavy (non-hydrogen) atoms. The summed E-state index contributed by atoms with van der Waals surface area (Å²) in [5.74, 6) is -0.936. The van der Waals surface area contributed by atoms with E-state index in [1.807, 2.05) is 12.1 Å². The normalized spacial score (nSPS) is 15.1. The SMILES string of the molecule is O=C(O)C=Cc1cc(Cl)c2c(c1)CCCC2. The molecular weight excluding hydrogens is 224 g/mol. The molecule has 0 fully saturated rings. The van der Waals surface area contributed by atoms with Gasteiger partial charge in [-0.1, -0.05) is 17.7 Å². The molecule has 1 aliphatic carbocycles. The molecule has 84 valence electrons. The third-order valence-electron chi connectivity index (χ3n) is 2.85. The first-order chi connectivity index (χ1) is 7.66. The smallest absolute Gasteiger partial charge is 0.328 e. The Morgan fingerprint density at radius 3 is 2.81 bits per heavy atom. The molecule has 0 radical (unpaired) electrons. The van der Waals surface area contributed by atoms with Crippen LogP contribution in [0.25, 0.3) is 6.08 Å². The number of carbonyl (C=O) groups is 1. The van der Waals surface area contributed by atoms with Gasteiger partial charge in [0.25, 0.3) is 0 Å². The molecule has 0 aromatic heterocycles. The number of carboxylic acids is 1. The van der Waals surface area contributed by atoms with Crippen molar-refractivity contribution in [3.8, 4) is 0 Å². The van der Waals surface area contributed by atoms with Crippen molar-refractivity contribution in [3.05, 3.63) is 39.9 Å². The zero-order valence-electron chi connectivity index (χ0n) is 8.87. The Kier molecular flexibility index (Phi) is 3.30. The van der Waals surface area contributed by atoms with Crippen molar-refractivity contribution in [1.29, 1.82) is 0 Å². The van der Waals surface area contributed by atoms with Crippen LogP contribution in [-0.2, 0) is 17.6 Å². The van der Waals surface area contributed by atoms with Crippen LogP contribution >= 0.6 is 11.6 Å². The number of carboxylic acid groups (broad SMARTS) is 1. The lowest BCUT2D eigenvalue weighted by Gasteiger charge is -2.17. The third kappa shape index (κ3) is 2.45. The number of aliphatic carboxylic acids is 1. The van der Waals surface area contributed by atoms with Gasteiger partial charge >= 0.3 is 5.97 Å². The van der Waals surface area contributed by atoms with Crippen molar-refractivity contribution >= 4 is 23.6 Å². The van der Waals surface area contributed by atoms with Gasteiger partial charge in [-0.2, -0.15) is 0 Å².